The molecule has 0 aliphatic carbocycles. The Bertz CT molecular complexity index is 953. The van der Waals surface area contributed by atoms with Crippen LogP contribution >= 0.6 is 0 Å². The minimum atomic E-state index is -4.34. The summed E-state index contributed by atoms with van der Waals surface area (Å²) in [6, 6.07) is 5.68. The summed E-state index contributed by atoms with van der Waals surface area (Å²) < 4.78 is 65.8. The summed E-state index contributed by atoms with van der Waals surface area (Å²) >= 11 is 0. The predicted molar refractivity (Wildman–Crippen MR) is 76.4 cm³/mol. The Morgan fingerprint density at radius 1 is 1.09 bits per heavy atom. The number of benzene rings is 1. The minimum absolute atomic E-state index is 0.183. The number of hydrogen-bond acceptors (Lipinski definition) is 3. The van der Waals surface area contributed by atoms with Crippen molar-refractivity contribution in [2.45, 2.75) is 11.4 Å². The maximum atomic E-state index is 13.6. The van der Waals surface area contributed by atoms with Gasteiger partial charge in [-0.2, -0.15) is 0 Å². The number of aromatic amines is 1. The number of nitrogens with zero attached hydrogens (tertiary/aromatic N) is 1. The molecule has 1 aromatic carbocycles. The molecule has 120 valence electrons. The van der Waals surface area contributed by atoms with E-state index in [1.165, 1.54) is 0 Å². The van der Waals surface area contributed by atoms with E-state index < -0.39 is 32.4 Å². The third-order valence-corrected chi connectivity index (χ3v) is 4.58. The van der Waals surface area contributed by atoms with Crippen LogP contribution in [0.25, 0.3) is 11.0 Å². The molecule has 3 aromatic rings. The van der Waals surface area contributed by atoms with Crippen molar-refractivity contribution >= 4 is 21.1 Å². The zero-order valence-electron chi connectivity index (χ0n) is 11.5. The molecule has 0 aliphatic heterocycles. The van der Waals surface area contributed by atoms with E-state index in [1.807, 2.05) is 0 Å². The Hall–Kier alpha value is -2.39. The van der Waals surface area contributed by atoms with Crippen LogP contribution in [0, 0.1) is 17.5 Å². The summed E-state index contributed by atoms with van der Waals surface area (Å²) in [5.74, 6) is -4.26. The average molecular weight is 341 g/mol. The fourth-order valence-corrected chi connectivity index (χ4v) is 3.15. The first-order chi connectivity index (χ1) is 10.9. The van der Waals surface area contributed by atoms with Gasteiger partial charge >= 0.3 is 0 Å². The van der Waals surface area contributed by atoms with E-state index in [-0.39, 0.29) is 12.6 Å². The Labute approximate surface area is 129 Å². The molecule has 3 rings (SSSR count). The van der Waals surface area contributed by atoms with Crippen molar-refractivity contribution in [3.05, 3.63) is 59.7 Å². The van der Waals surface area contributed by atoms with Gasteiger partial charge in [0.05, 0.1) is 6.54 Å². The highest BCUT2D eigenvalue weighted by Gasteiger charge is 2.22. The Morgan fingerprint density at radius 3 is 2.57 bits per heavy atom. The van der Waals surface area contributed by atoms with Crippen LogP contribution in [0.3, 0.4) is 0 Å². The second-order valence-corrected chi connectivity index (χ2v) is 6.49. The number of hydrogen-bond donors (Lipinski definition) is 2. The molecule has 0 saturated carbocycles. The second-order valence-electron chi connectivity index (χ2n) is 4.76. The fraction of sp³-hybridized carbons (Fsp3) is 0.0714. The number of fused-ring (bicyclic) bond motifs is 1. The van der Waals surface area contributed by atoms with Gasteiger partial charge in [-0.25, -0.2) is 31.3 Å². The molecule has 0 atom stereocenters. The van der Waals surface area contributed by atoms with Crippen molar-refractivity contribution in [1.82, 2.24) is 14.7 Å². The largest absolute Gasteiger partial charge is 0.342 e. The van der Waals surface area contributed by atoms with Crippen LogP contribution in [0.4, 0.5) is 13.2 Å². The first-order valence-corrected chi connectivity index (χ1v) is 7.92. The zero-order valence-corrected chi connectivity index (χ0v) is 12.3. The van der Waals surface area contributed by atoms with E-state index in [1.54, 1.807) is 24.4 Å². The number of sulfonamides is 1. The predicted octanol–water partition coefficient (Wildman–Crippen LogP) is 2.46. The highest BCUT2D eigenvalue weighted by Crippen LogP contribution is 2.19. The Balaban J connectivity index is 1.85. The lowest BCUT2D eigenvalue weighted by molar-refractivity contribution is 0.481. The number of rotatable bonds is 4. The molecular formula is C14H10F3N3O2S. The lowest BCUT2D eigenvalue weighted by atomic mass is 10.3. The van der Waals surface area contributed by atoms with Crippen molar-refractivity contribution in [3.8, 4) is 0 Å². The molecule has 0 radical (unpaired) electrons. The molecule has 5 nitrogen and oxygen atoms in total. The van der Waals surface area contributed by atoms with E-state index in [2.05, 4.69) is 14.7 Å². The molecule has 0 bridgehead atoms. The van der Waals surface area contributed by atoms with Gasteiger partial charge in [0.25, 0.3) is 0 Å². The normalized spacial score (nSPS) is 12.0. The van der Waals surface area contributed by atoms with E-state index >= 15 is 0 Å². The van der Waals surface area contributed by atoms with Gasteiger partial charge < -0.3 is 4.98 Å². The molecule has 9 heteroatoms. The summed E-state index contributed by atoms with van der Waals surface area (Å²) in [6.07, 6.45) is 1.57. The molecular weight excluding hydrogens is 331 g/mol. The maximum Gasteiger partial charge on any atom is 0.243 e. The Kier molecular flexibility index (Phi) is 3.82. The van der Waals surface area contributed by atoms with E-state index in [9.17, 15) is 21.6 Å². The summed E-state index contributed by atoms with van der Waals surface area (Å²) in [5.41, 5.74) is 1.06. The van der Waals surface area contributed by atoms with Gasteiger partial charge in [-0.05, 0) is 24.3 Å². The lowest BCUT2D eigenvalue weighted by Gasteiger charge is -2.07. The zero-order chi connectivity index (χ0) is 16.6. The third kappa shape index (κ3) is 3.06. The third-order valence-electron chi connectivity index (χ3n) is 3.16. The van der Waals surface area contributed by atoms with Gasteiger partial charge in [0, 0.05) is 23.3 Å². The van der Waals surface area contributed by atoms with Crippen molar-refractivity contribution < 1.29 is 21.6 Å². The van der Waals surface area contributed by atoms with Crippen molar-refractivity contribution in [1.29, 1.82) is 0 Å². The number of halogens is 3. The van der Waals surface area contributed by atoms with Crippen molar-refractivity contribution in [2.75, 3.05) is 0 Å². The molecule has 0 spiro atoms. The SMILES string of the molecule is O=S(=O)(NCc1cc2cccnc2[nH]1)c1cc(F)c(F)cc1F. The molecule has 2 heterocycles. The topological polar surface area (TPSA) is 74.8 Å². The number of aromatic nitrogens is 2. The van der Waals surface area contributed by atoms with Gasteiger partial charge in [0.15, 0.2) is 11.6 Å². The molecule has 0 fully saturated rings. The van der Waals surface area contributed by atoms with Crippen LogP contribution in [-0.4, -0.2) is 18.4 Å². The second kappa shape index (κ2) is 5.67. The molecule has 0 amide bonds. The van der Waals surface area contributed by atoms with Crippen LogP contribution < -0.4 is 4.72 Å². The van der Waals surface area contributed by atoms with Crippen LogP contribution in [-0.2, 0) is 16.6 Å². The molecule has 0 aliphatic rings. The standard InChI is InChI=1S/C14H10F3N3O2S/c15-10-5-12(17)13(6-11(10)16)23(21,22)19-7-9-4-8-2-1-3-18-14(8)20-9/h1-6,19H,7H2,(H,18,20). The first kappa shape index (κ1) is 15.5. The van der Waals surface area contributed by atoms with Gasteiger partial charge in [0.2, 0.25) is 10.0 Å². The van der Waals surface area contributed by atoms with Gasteiger partial charge in [0.1, 0.15) is 16.4 Å². The van der Waals surface area contributed by atoms with E-state index in [0.29, 0.717) is 17.4 Å². The summed E-state index contributed by atoms with van der Waals surface area (Å²) in [4.78, 5) is 5.99. The average Bonchev–Trinajstić information content (AvgIpc) is 2.92. The highest BCUT2D eigenvalue weighted by atomic mass is 32.2. The van der Waals surface area contributed by atoms with Crippen LogP contribution in [0.15, 0.2) is 41.4 Å². The quantitative estimate of drug-likeness (QED) is 0.716. The number of nitrogens with one attached hydrogen (secondary N) is 2. The summed E-state index contributed by atoms with van der Waals surface area (Å²) in [7, 11) is -4.34. The molecule has 23 heavy (non-hydrogen) atoms. The summed E-state index contributed by atoms with van der Waals surface area (Å²) in [5, 5.41) is 0.778. The Morgan fingerprint density at radius 2 is 1.83 bits per heavy atom. The molecule has 0 unspecified atom stereocenters. The van der Waals surface area contributed by atoms with Crippen molar-refractivity contribution in [2.24, 2.45) is 0 Å². The van der Waals surface area contributed by atoms with Gasteiger partial charge in [-0.1, -0.05) is 0 Å². The highest BCUT2D eigenvalue weighted by molar-refractivity contribution is 7.89. The van der Waals surface area contributed by atoms with Crippen LogP contribution in [0.2, 0.25) is 0 Å². The fourth-order valence-electron chi connectivity index (χ4n) is 2.07. The molecule has 2 N–H and O–H groups in total. The monoisotopic (exact) mass is 341 g/mol. The van der Waals surface area contributed by atoms with E-state index in [4.69, 9.17) is 0 Å². The van der Waals surface area contributed by atoms with Crippen LogP contribution in [0.1, 0.15) is 5.69 Å². The summed E-state index contributed by atoms with van der Waals surface area (Å²) in [6.45, 7) is -0.183. The van der Waals surface area contributed by atoms with E-state index in [0.717, 1.165) is 5.39 Å². The van der Waals surface area contributed by atoms with Gasteiger partial charge in [-0.3, -0.25) is 0 Å². The lowest BCUT2D eigenvalue weighted by Crippen LogP contribution is -2.24. The molecule has 0 saturated heterocycles. The smallest absolute Gasteiger partial charge is 0.243 e. The number of pyridine rings is 1. The first-order valence-electron chi connectivity index (χ1n) is 6.43. The van der Waals surface area contributed by atoms with Crippen LogP contribution in [0.5, 0.6) is 0 Å². The number of H-pyrrole nitrogens is 1. The van der Waals surface area contributed by atoms with Crippen molar-refractivity contribution in [3.63, 3.8) is 0 Å². The molecule has 2 aromatic heterocycles. The van der Waals surface area contributed by atoms with Gasteiger partial charge in [-0.15, -0.1) is 0 Å². The maximum absolute atomic E-state index is 13.6. The minimum Gasteiger partial charge on any atom is -0.342 e.